The third-order valence-corrected chi connectivity index (χ3v) is 3.15. The quantitative estimate of drug-likeness (QED) is 0.323. The normalized spacial score (nSPS) is 8.89. The molecule has 0 nitrogen and oxygen atoms in total. The first-order valence-corrected chi connectivity index (χ1v) is 4.93. The van der Waals surface area contributed by atoms with Crippen molar-refractivity contribution in [1.82, 2.24) is 0 Å². The number of halogens is 1. The Morgan fingerprint density at radius 3 is 1.44 bits per heavy atom. The van der Waals surface area contributed by atoms with Gasteiger partial charge in [-0.3, -0.25) is 0 Å². The number of hydrogen-bond donors (Lipinski definition) is 0. The Labute approximate surface area is 74.4 Å². The molecular formula is B8I-. The average molecular weight is 213 g/mol. The molecule has 10 radical (unpaired) electrons. The van der Waals surface area contributed by atoms with Crippen molar-refractivity contribution in [2.24, 2.45) is 0 Å². The van der Waals surface area contributed by atoms with Gasteiger partial charge >= 0.3 is 74.5 Å². The third kappa shape index (κ3) is 5.68. The molecule has 0 bridgehead atoms. The van der Waals surface area contributed by atoms with Crippen molar-refractivity contribution in [2.75, 3.05) is 0 Å². The molecule has 0 aromatic rings. The first-order chi connectivity index (χ1) is 4.04. The van der Waals surface area contributed by atoms with E-state index in [-0.39, 0.29) is 8.70 Å². The summed E-state index contributed by atoms with van der Waals surface area (Å²) < 4.78 is -0.503. The van der Waals surface area contributed by atoms with E-state index in [0.29, 0.717) is 0 Å². The Kier molecular flexibility index (Phi) is 5.66. The van der Waals surface area contributed by atoms with Gasteiger partial charge < -0.3 is 0 Å². The summed E-state index contributed by atoms with van der Waals surface area (Å²) in [6, 6.07) is 0. The molecule has 0 atom stereocenters. The van der Waals surface area contributed by atoms with Crippen molar-refractivity contribution >= 4 is 53.8 Å². The van der Waals surface area contributed by atoms with Crippen LogP contribution in [0.25, 0.3) is 0 Å². The fourth-order valence-electron chi connectivity index (χ4n) is 0.252. The van der Waals surface area contributed by atoms with E-state index in [1.54, 1.807) is 0 Å². The fourth-order valence-corrected chi connectivity index (χ4v) is 1.69. The van der Waals surface area contributed by atoms with Gasteiger partial charge in [-0.25, -0.2) is 0 Å². The molecule has 0 amide bonds. The summed E-state index contributed by atoms with van der Waals surface area (Å²) in [5.41, 5.74) is 0. The molecule has 32 valence electrons. The number of rotatable bonds is 3. The zero-order chi connectivity index (χ0) is 7.44. The Hall–Kier alpha value is 1.25. The number of hydrogen-bond acceptors (Lipinski definition) is 0. The Balaban J connectivity index is 3.38. The van der Waals surface area contributed by atoms with Crippen molar-refractivity contribution < 1.29 is 20.8 Å². The molecule has 0 aliphatic heterocycles. The molecule has 9 heavy (non-hydrogen) atoms. The van der Waals surface area contributed by atoms with E-state index < -0.39 is 27.2 Å². The van der Waals surface area contributed by atoms with Crippen LogP contribution in [0.15, 0.2) is 0 Å². The van der Waals surface area contributed by atoms with E-state index in [4.69, 9.17) is 38.7 Å². The molecular weight excluding hydrogens is 213 g/mol. The van der Waals surface area contributed by atoms with Gasteiger partial charge in [0.05, 0.1) is 0 Å². The maximum atomic E-state index is 5.46. The van der Waals surface area contributed by atoms with Crippen LogP contribution in [0.1, 0.15) is 0 Å². The molecule has 0 aliphatic rings. The van der Waals surface area contributed by atoms with Crippen LogP contribution in [-0.4, -0.2) is 53.8 Å². The molecule has 0 aliphatic carbocycles. The zero-order valence-electron chi connectivity index (χ0n) is 5.00. The van der Waals surface area contributed by atoms with E-state index in [9.17, 15) is 0 Å². The van der Waals surface area contributed by atoms with E-state index in [2.05, 4.69) is 0 Å². The summed E-state index contributed by atoms with van der Waals surface area (Å²) in [6.07, 6.45) is -0.479. The summed E-state index contributed by atoms with van der Waals surface area (Å²) in [4.78, 5) is 0. The fraction of sp³-hybridized carbons (Fsp3) is 0. The summed E-state index contributed by atoms with van der Waals surface area (Å²) >= 11 is -0.455. The van der Waals surface area contributed by atoms with Crippen LogP contribution in [0.4, 0.5) is 0 Å². The van der Waals surface area contributed by atoms with Crippen molar-refractivity contribution in [3.63, 3.8) is 0 Å². The second-order valence-corrected chi connectivity index (χ2v) is 5.19. The predicted octanol–water partition coefficient (Wildman–Crippen LogP) is -6.04. The third-order valence-electron chi connectivity index (χ3n) is 0.659. The SMILES string of the molecule is [B]B([B])[I-]B([B])B([B])[B]. The molecule has 0 rings (SSSR count). The van der Waals surface area contributed by atoms with Gasteiger partial charge in [-0.1, -0.05) is 0 Å². The molecule has 0 aromatic carbocycles. The van der Waals surface area contributed by atoms with Gasteiger partial charge in [0.2, 0.25) is 0 Å². The summed E-state index contributed by atoms with van der Waals surface area (Å²) in [7, 11) is 26.5. The van der Waals surface area contributed by atoms with Gasteiger partial charge in [0.15, 0.2) is 0 Å². The van der Waals surface area contributed by atoms with Crippen LogP contribution in [-0.2, 0) is 0 Å². The minimum absolute atomic E-state index is 0.191. The Bertz CT molecular complexity index is 67.0. The van der Waals surface area contributed by atoms with E-state index in [1.807, 2.05) is 0 Å². The van der Waals surface area contributed by atoms with Crippen molar-refractivity contribution in [2.45, 2.75) is 0 Å². The van der Waals surface area contributed by atoms with Crippen LogP contribution >= 0.6 is 0 Å². The van der Waals surface area contributed by atoms with Gasteiger partial charge in [-0.2, -0.15) is 0 Å². The van der Waals surface area contributed by atoms with Crippen molar-refractivity contribution in [3.8, 4) is 0 Å². The second kappa shape index (κ2) is 4.97. The first-order valence-electron chi connectivity index (χ1n) is 2.44. The first kappa shape index (κ1) is 10.2. The van der Waals surface area contributed by atoms with Crippen LogP contribution in [0.3, 0.4) is 0 Å². The van der Waals surface area contributed by atoms with Gasteiger partial charge in [-0.15, -0.1) is 0 Å². The van der Waals surface area contributed by atoms with Gasteiger partial charge in [0, 0.05) is 0 Å². The summed E-state index contributed by atoms with van der Waals surface area (Å²) in [6.45, 7) is 0. The summed E-state index contributed by atoms with van der Waals surface area (Å²) in [5.74, 6) is 0. The van der Waals surface area contributed by atoms with Crippen LogP contribution in [0.2, 0.25) is 0 Å². The molecule has 0 aromatic heterocycles. The van der Waals surface area contributed by atoms with E-state index in [1.165, 1.54) is 0 Å². The van der Waals surface area contributed by atoms with Crippen LogP contribution < -0.4 is 20.8 Å². The van der Waals surface area contributed by atoms with E-state index >= 15 is 0 Å². The molecule has 0 heterocycles. The molecule has 0 spiro atoms. The monoisotopic (exact) mass is 215 g/mol. The Morgan fingerprint density at radius 1 is 0.889 bits per heavy atom. The molecule has 0 saturated heterocycles. The molecule has 0 fully saturated rings. The van der Waals surface area contributed by atoms with E-state index in [0.717, 1.165) is 0 Å². The van der Waals surface area contributed by atoms with Crippen molar-refractivity contribution in [3.05, 3.63) is 0 Å². The van der Waals surface area contributed by atoms with Crippen LogP contribution in [0.5, 0.6) is 0 Å². The molecule has 0 saturated carbocycles. The summed E-state index contributed by atoms with van der Waals surface area (Å²) in [5, 5.41) is 0. The zero-order valence-corrected chi connectivity index (χ0v) is 7.15. The van der Waals surface area contributed by atoms with Gasteiger partial charge in [0.1, 0.15) is 0 Å². The second-order valence-electron chi connectivity index (χ2n) is 1.59. The minimum atomic E-state index is -0.479. The molecule has 0 unspecified atom stereocenters. The van der Waals surface area contributed by atoms with Gasteiger partial charge in [-0.05, 0) is 0 Å². The standard InChI is InChI=1S/B8I/c1-6(2)8(5)9-7(3)4/q-1. The average Bonchev–Trinajstić information content (AvgIpc) is 1.63. The predicted molar refractivity (Wildman–Crippen MR) is 46.0 cm³/mol. The maximum absolute atomic E-state index is 5.46. The molecule has 9 heteroatoms. The van der Waals surface area contributed by atoms with Gasteiger partial charge in [0.25, 0.3) is 0 Å². The van der Waals surface area contributed by atoms with Crippen LogP contribution in [0, 0.1) is 0 Å². The molecule has 0 N–H and O–H groups in total. The van der Waals surface area contributed by atoms with Crippen molar-refractivity contribution in [1.29, 1.82) is 0 Å². The Morgan fingerprint density at radius 2 is 1.33 bits per heavy atom. The topological polar surface area (TPSA) is 0 Å².